The number of nitrogens with one attached hydrogen (secondary N) is 1. The van der Waals surface area contributed by atoms with Gasteiger partial charge in [0.1, 0.15) is 0 Å². The van der Waals surface area contributed by atoms with E-state index in [1.165, 1.54) is 0 Å². The summed E-state index contributed by atoms with van der Waals surface area (Å²) in [6.07, 6.45) is 3.64. The van der Waals surface area contributed by atoms with E-state index in [0.29, 0.717) is 5.02 Å². The lowest BCUT2D eigenvalue weighted by Gasteiger charge is -2.18. The Morgan fingerprint density at radius 2 is 2.05 bits per heavy atom. The summed E-state index contributed by atoms with van der Waals surface area (Å²) >= 11 is 12.3. The Kier molecular flexibility index (Phi) is 5.20. The average molecular weight is 295 g/mol. The van der Waals surface area contributed by atoms with E-state index in [4.69, 9.17) is 23.2 Å². The maximum atomic E-state index is 6.24. The number of hydrogen-bond acceptors (Lipinski definition) is 2. The van der Waals surface area contributed by atoms with Crippen molar-refractivity contribution in [3.8, 4) is 0 Å². The van der Waals surface area contributed by atoms with Crippen LogP contribution < -0.4 is 5.32 Å². The van der Waals surface area contributed by atoms with E-state index in [1.807, 2.05) is 43.6 Å². The molecule has 0 bridgehead atoms. The van der Waals surface area contributed by atoms with Gasteiger partial charge in [0.05, 0.1) is 0 Å². The molecule has 1 heterocycles. The smallest absolute Gasteiger partial charge is 0.0454 e. The maximum Gasteiger partial charge on any atom is 0.0454 e. The highest BCUT2D eigenvalue weighted by Crippen LogP contribution is 2.28. The van der Waals surface area contributed by atoms with Crippen LogP contribution in [0.2, 0.25) is 10.0 Å². The summed E-state index contributed by atoms with van der Waals surface area (Å²) in [5.74, 6) is 0. The summed E-state index contributed by atoms with van der Waals surface area (Å²) in [4.78, 5) is 4.33. The monoisotopic (exact) mass is 294 g/mol. The third-order valence-corrected chi connectivity index (χ3v) is 3.68. The second-order valence-corrected chi connectivity index (χ2v) is 5.21. The third-order valence-electron chi connectivity index (χ3n) is 3.10. The van der Waals surface area contributed by atoms with Crippen molar-refractivity contribution in [2.75, 3.05) is 7.05 Å². The molecule has 0 fully saturated rings. The van der Waals surface area contributed by atoms with Gasteiger partial charge in [0.2, 0.25) is 0 Å². The average Bonchev–Trinajstić information content (AvgIpc) is 2.44. The van der Waals surface area contributed by atoms with Gasteiger partial charge in [-0.1, -0.05) is 29.3 Å². The van der Waals surface area contributed by atoms with Crippen molar-refractivity contribution in [3.63, 3.8) is 0 Å². The summed E-state index contributed by atoms with van der Waals surface area (Å²) in [6.45, 7) is 0. The van der Waals surface area contributed by atoms with Crippen LogP contribution in [0.25, 0.3) is 0 Å². The lowest BCUT2D eigenvalue weighted by molar-refractivity contribution is 0.546. The van der Waals surface area contributed by atoms with E-state index in [2.05, 4.69) is 10.3 Å². The predicted molar refractivity (Wildman–Crippen MR) is 80.8 cm³/mol. The summed E-state index contributed by atoms with van der Waals surface area (Å²) < 4.78 is 0. The highest BCUT2D eigenvalue weighted by Gasteiger charge is 2.13. The Hall–Kier alpha value is -1.09. The number of aryl methyl sites for hydroxylation is 1. The number of hydrogen-bond donors (Lipinski definition) is 1. The van der Waals surface area contributed by atoms with Gasteiger partial charge in [-0.05, 0) is 55.8 Å². The molecule has 0 aliphatic rings. The van der Waals surface area contributed by atoms with Crippen LogP contribution in [-0.2, 0) is 6.42 Å². The number of aromatic nitrogens is 1. The Balaban J connectivity index is 2.10. The van der Waals surface area contributed by atoms with Gasteiger partial charge in [-0.2, -0.15) is 0 Å². The van der Waals surface area contributed by atoms with E-state index >= 15 is 0 Å². The Labute approximate surface area is 123 Å². The van der Waals surface area contributed by atoms with E-state index in [-0.39, 0.29) is 6.04 Å². The van der Waals surface area contributed by atoms with Crippen LogP contribution in [0, 0.1) is 0 Å². The standard InChI is InChI=1S/C15H16Cl2N2/c1-18-15(8-6-12-4-2-3-9-19-12)13-10-11(16)5-7-14(13)17/h2-5,7,9-10,15,18H,6,8H2,1H3. The molecular formula is C15H16Cl2N2. The first kappa shape index (κ1) is 14.3. The van der Waals surface area contributed by atoms with Gasteiger partial charge in [-0.25, -0.2) is 0 Å². The van der Waals surface area contributed by atoms with Crippen molar-refractivity contribution in [1.29, 1.82) is 0 Å². The zero-order chi connectivity index (χ0) is 13.7. The highest BCUT2D eigenvalue weighted by atomic mass is 35.5. The topological polar surface area (TPSA) is 24.9 Å². The molecule has 1 atom stereocenters. The Morgan fingerprint density at radius 1 is 1.21 bits per heavy atom. The van der Waals surface area contributed by atoms with Gasteiger partial charge in [0, 0.05) is 28.0 Å². The molecule has 1 unspecified atom stereocenters. The minimum atomic E-state index is 0.174. The van der Waals surface area contributed by atoms with Crippen molar-refractivity contribution < 1.29 is 0 Å². The first-order valence-corrected chi connectivity index (χ1v) is 6.98. The zero-order valence-electron chi connectivity index (χ0n) is 10.7. The maximum absolute atomic E-state index is 6.24. The van der Waals surface area contributed by atoms with E-state index < -0.39 is 0 Å². The van der Waals surface area contributed by atoms with Gasteiger partial charge < -0.3 is 5.32 Å². The molecule has 0 saturated heterocycles. The van der Waals surface area contributed by atoms with Gasteiger partial charge in [-0.15, -0.1) is 0 Å². The Bertz CT molecular complexity index is 529. The lowest BCUT2D eigenvalue weighted by Crippen LogP contribution is -2.17. The fraction of sp³-hybridized carbons (Fsp3) is 0.267. The van der Waals surface area contributed by atoms with E-state index in [9.17, 15) is 0 Å². The molecule has 2 aromatic rings. The minimum Gasteiger partial charge on any atom is -0.313 e. The molecule has 0 radical (unpaired) electrons. The third kappa shape index (κ3) is 3.93. The molecule has 2 rings (SSSR count). The van der Waals surface area contributed by atoms with Gasteiger partial charge >= 0.3 is 0 Å². The highest BCUT2D eigenvalue weighted by molar-refractivity contribution is 6.33. The van der Waals surface area contributed by atoms with Crippen LogP contribution in [0.5, 0.6) is 0 Å². The van der Waals surface area contributed by atoms with Crippen molar-refractivity contribution in [1.82, 2.24) is 10.3 Å². The number of benzene rings is 1. The molecule has 4 heteroatoms. The normalized spacial score (nSPS) is 12.4. The summed E-state index contributed by atoms with van der Waals surface area (Å²) in [6, 6.07) is 11.7. The van der Waals surface area contributed by atoms with Crippen molar-refractivity contribution >= 4 is 23.2 Å². The second kappa shape index (κ2) is 6.90. The second-order valence-electron chi connectivity index (χ2n) is 4.37. The molecule has 0 aliphatic heterocycles. The first-order chi connectivity index (χ1) is 9.20. The largest absolute Gasteiger partial charge is 0.313 e. The Morgan fingerprint density at radius 3 is 2.74 bits per heavy atom. The SMILES string of the molecule is CNC(CCc1ccccn1)c1cc(Cl)ccc1Cl. The van der Waals surface area contributed by atoms with Crippen LogP contribution in [0.1, 0.15) is 23.7 Å². The molecule has 19 heavy (non-hydrogen) atoms. The minimum absolute atomic E-state index is 0.174. The van der Waals surface area contributed by atoms with Crippen LogP contribution in [0.4, 0.5) is 0 Å². The molecule has 1 N–H and O–H groups in total. The molecule has 1 aromatic heterocycles. The van der Waals surface area contributed by atoms with Crippen LogP contribution in [0.3, 0.4) is 0 Å². The molecule has 100 valence electrons. The summed E-state index contributed by atoms with van der Waals surface area (Å²) in [5, 5.41) is 4.73. The number of nitrogens with zero attached hydrogens (tertiary/aromatic N) is 1. The summed E-state index contributed by atoms with van der Waals surface area (Å²) in [7, 11) is 1.93. The van der Waals surface area contributed by atoms with E-state index in [1.54, 1.807) is 6.07 Å². The predicted octanol–water partition coefficient (Wildman–Crippen LogP) is 4.28. The molecule has 1 aromatic carbocycles. The lowest BCUT2D eigenvalue weighted by atomic mass is 10.0. The number of rotatable bonds is 5. The van der Waals surface area contributed by atoms with Gasteiger partial charge in [0.25, 0.3) is 0 Å². The summed E-state index contributed by atoms with van der Waals surface area (Å²) in [5.41, 5.74) is 2.12. The fourth-order valence-electron chi connectivity index (χ4n) is 2.08. The molecule has 0 amide bonds. The number of pyridine rings is 1. The molecule has 0 spiro atoms. The molecule has 2 nitrogen and oxygen atoms in total. The van der Waals surface area contributed by atoms with Crippen molar-refractivity contribution in [2.24, 2.45) is 0 Å². The van der Waals surface area contributed by atoms with Gasteiger partial charge in [0.15, 0.2) is 0 Å². The fourth-order valence-corrected chi connectivity index (χ4v) is 2.51. The van der Waals surface area contributed by atoms with Crippen LogP contribution >= 0.6 is 23.2 Å². The first-order valence-electron chi connectivity index (χ1n) is 6.23. The van der Waals surface area contributed by atoms with Crippen LogP contribution in [-0.4, -0.2) is 12.0 Å². The van der Waals surface area contributed by atoms with E-state index in [0.717, 1.165) is 29.1 Å². The van der Waals surface area contributed by atoms with Crippen LogP contribution in [0.15, 0.2) is 42.6 Å². The van der Waals surface area contributed by atoms with Gasteiger partial charge in [-0.3, -0.25) is 4.98 Å². The quantitative estimate of drug-likeness (QED) is 0.890. The molecular weight excluding hydrogens is 279 g/mol. The van der Waals surface area contributed by atoms with Crippen molar-refractivity contribution in [3.05, 3.63) is 63.9 Å². The zero-order valence-corrected chi connectivity index (χ0v) is 12.2. The molecule has 0 saturated carbocycles. The van der Waals surface area contributed by atoms with Crippen molar-refractivity contribution in [2.45, 2.75) is 18.9 Å². The molecule has 0 aliphatic carbocycles. The number of halogens is 2.